The molecule has 2 N–H and O–H groups in total. The molecule has 2 amide bonds. The fraction of sp³-hybridized carbons (Fsp3) is 0.467. The van der Waals surface area contributed by atoms with Crippen molar-refractivity contribution in [2.24, 2.45) is 0 Å². The number of hydrogen-bond donors (Lipinski definition) is 2. The second-order valence-electron chi connectivity index (χ2n) is 6.04. The number of halogens is 4. The third-order valence-electron chi connectivity index (χ3n) is 2.67. The zero-order chi connectivity index (χ0) is 18.7. The van der Waals surface area contributed by atoms with Crippen LogP contribution in [0.1, 0.15) is 33.3 Å². The topological polar surface area (TPSA) is 67.4 Å². The molecule has 134 valence electrons. The molecule has 0 bridgehead atoms. The number of alkyl halides is 3. The van der Waals surface area contributed by atoms with Crippen molar-refractivity contribution >= 4 is 29.3 Å². The first-order valence-corrected chi connectivity index (χ1v) is 7.34. The molecule has 1 rings (SSSR count). The lowest BCUT2D eigenvalue weighted by atomic mass is 10.1. The largest absolute Gasteiger partial charge is 0.444 e. The predicted octanol–water partition coefficient (Wildman–Crippen LogP) is 4.21. The van der Waals surface area contributed by atoms with Gasteiger partial charge in [0.2, 0.25) is 5.91 Å². The Morgan fingerprint density at radius 2 is 1.79 bits per heavy atom. The molecule has 0 heterocycles. The van der Waals surface area contributed by atoms with Crippen LogP contribution in [-0.4, -0.2) is 23.6 Å². The van der Waals surface area contributed by atoms with E-state index in [2.05, 4.69) is 10.6 Å². The van der Waals surface area contributed by atoms with Crippen LogP contribution in [0, 0.1) is 0 Å². The normalized spacial score (nSPS) is 13.2. The van der Waals surface area contributed by atoms with Crippen molar-refractivity contribution in [1.82, 2.24) is 5.32 Å². The van der Waals surface area contributed by atoms with Crippen molar-refractivity contribution in [2.45, 2.75) is 45.5 Å². The first-order chi connectivity index (χ1) is 10.8. The number of amides is 2. The van der Waals surface area contributed by atoms with Gasteiger partial charge in [-0.3, -0.25) is 4.79 Å². The number of carbonyl (C=O) groups is 2. The number of carbonyl (C=O) groups excluding carboxylic acids is 2. The summed E-state index contributed by atoms with van der Waals surface area (Å²) < 4.78 is 43.9. The molecule has 1 atom stereocenters. The van der Waals surface area contributed by atoms with Crippen molar-refractivity contribution < 1.29 is 27.5 Å². The van der Waals surface area contributed by atoms with Crippen LogP contribution >= 0.6 is 11.6 Å². The zero-order valence-electron chi connectivity index (χ0n) is 13.5. The van der Waals surface area contributed by atoms with Crippen LogP contribution in [0.25, 0.3) is 0 Å². The SMILES string of the molecule is CC(NC(=O)OC(C)(C)C)C(=O)Nc1ccc(Cl)cc1C(F)(F)F. The fourth-order valence-corrected chi connectivity index (χ4v) is 1.82. The van der Waals surface area contributed by atoms with Crippen LogP contribution in [0.2, 0.25) is 5.02 Å². The lowest BCUT2D eigenvalue weighted by Gasteiger charge is -2.22. The quantitative estimate of drug-likeness (QED) is 0.842. The van der Waals surface area contributed by atoms with Gasteiger partial charge in [0.05, 0.1) is 11.3 Å². The van der Waals surface area contributed by atoms with E-state index in [9.17, 15) is 22.8 Å². The average molecular weight is 367 g/mol. The number of anilines is 1. The van der Waals surface area contributed by atoms with Gasteiger partial charge in [0.1, 0.15) is 11.6 Å². The number of nitrogens with one attached hydrogen (secondary N) is 2. The molecule has 5 nitrogen and oxygen atoms in total. The van der Waals surface area contributed by atoms with Gasteiger partial charge in [-0.2, -0.15) is 13.2 Å². The van der Waals surface area contributed by atoms with Gasteiger partial charge in [-0.25, -0.2) is 4.79 Å². The van der Waals surface area contributed by atoms with Crippen molar-refractivity contribution in [3.63, 3.8) is 0 Å². The molecular weight excluding hydrogens is 349 g/mol. The molecular formula is C15H18ClF3N2O3. The van der Waals surface area contributed by atoms with E-state index in [0.29, 0.717) is 6.07 Å². The summed E-state index contributed by atoms with van der Waals surface area (Å²) >= 11 is 5.57. The van der Waals surface area contributed by atoms with Gasteiger partial charge in [0.25, 0.3) is 0 Å². The van der Waals surface area contributed by atoms with E-state index in [1.54, 1.807) is 20.8 Å². The highest BCUT2D eigenvalue weighted by atomic mass is 35.5. The molecule has 1 aromatic rings. The Balaban J connectivity index is 2.83. The second-order valence-corrected chi connectivity index (χ2v) is 6.48. The monoisotopic (exact) mass is 366 g/mol. The molecule has 24 heavy (non-hydrogen) atoms. The van der Waals surface area contributed by atoms with Gasteiger partial charge < -0.3 is 15.4 Å². The van der Waals surface area contributed by atoms with Gasteiger partial charge in [-0.15, -0.1) is 0 Å². The van der Waals surface area contributed by atoms with Crippen molar-refractivity contribution in [3.8, 4) is 0 Å². The predicted molar refractivity (Wildman–Crippen MR) is 83.9 cm³/mol. The van der Waals surface area contributed by atoms with Crippen molar-refractivity contribution in [3.05, 3.63) is 28.8 Å². The fourth-order valence-electron chi connectivity index (χ4n) is 1.65. The van der Waals surface area contributed by atoms with Crippen LogP contribution in [0.5, 0.6) is 0 Å². The highest BCUT2D eigenvalue weighted by molar-refractivity contribution is 6.30. The summed E-state index contributed by atoms with van der Waals surface area (Å²) in [6.45, 7) is 6.24. The van der Waals surface area contributed by atoms with Gasteiger partial charge in [0, 0.05) is 5.02 Å². The third-order valence-corrected chi connectivity index (χ3v) is 2.91. The van der Waals surface area contributed by atoms with E-state index in [-0.39, 0.29) is 5.02 Å². The molecule has 1 unspecified atom stereocenters. The molecule has 0 aliphatic heterocycles. The van der Waals surface area contributed by atoms with Crippen LogP contribution in [0.15, 0.2) is 18.2 Å². The Labute approximate surface area is 142 Å². The molecule has 0 aromatic heterocycles. The number of rotatable bonds is 3. The van der Waals surface area contributed by atoms with E-state index >= 15 is 0 Å². The molecule has 1 aromatic carbocycles. The van der Waals surface area contributed by atoms with Crippen LogP contribution < -0.4 is 10.6 Å². The molecule has 9 heteroatoms. The van der Waals surface area contributed by atoms with E-state index in [1.807, 2.05) is 0 Å². The second kappa shape index (κ2) is 7.29. The highest BCUT2D eigenvalue weighted by Gasteiger charge is 2.34. The Hall–Kier alpha value is -1.96. The van der Waals surface area contributed by atoms with E-state index < -0.39 is 41.1 Å². The minimum atomic E-state index is -4.69. The maximum Gasteiger partial charge on any atom is 0.418 e. The summed E-state index contributed by atoms with van der Waals surface area (Å²) in [4.78, 5) is 23.6. The maximum atomic E-state index is 13.0. The molecule has 0 aliphatic carbocycles. The van der Waals surface area contributed by atoms with Crippen molar-refractivity contribution in [2.75, 3.05) is 5.32 Å². The number of alkyl carbamates (subject to hydrolysis) is 1. The van der Waals surface area contributed by atoms with Crippen LogP contribution in [0.3, 0.4) is 0 Å². The van der Waals surface area contributed by atoms with Crippen LogP contribution in [0.4, 0.5) is 23.7 Å². The minimum Gasteiger partial charge on any atom is -0.444 e. The molecule has 0 radical (unpaired) electrons. The number of ether oxygens (including phenoxy) is 1. The molecule has 0 spiro atoms. The van der Waals surface area contributed by atoms with Gasteiger partial charge >= 0.3 is 12.3 Å². The Morgan fingerprint density at radius 3 is 2.29 bits per heavy atom. The zero-order valence-corrected chi connectivity index (χ0v) is 14.3. The van der Waals surface area contributed by atoms with E-state index in [0.717, 1.165) is 6.07 Å². The number of benzene rings is 1. The van der Waals surface area contributed by atoms with Gasteiger partial charge in [-0.05, 0) is 45.9 Å². The Morgan fingerprint density at radius 1 is 1.21 bits per heavy atom. The average Bonchev–Trinajstić information content (AvgIpc) is 2.37. The Bertz CT molecular complexity index is 627. The summed E-state index contributed by atoms with van der Waals surface area (Å²) in [6, 6.07) is 1.88. The lowest BCUT2D eigenvalue weighted by Crippen LogP contribution is -2.44. The smallest absolute Gasteiger partial charge is 0.418 e. The van der Waals surface area contributed by atoms with Crippen LogP contribution in [-0.2, 0) is 15.7 Å². The third kappa shape index (κ3) is 6.27. The molecule has 0 saturated carbocycles. The summed E-state index contributed by atoms with van der Waals surface area (Å²) in [5, 5.41) is 4.26. The molecule has 0 aliphatic rings. The highest BCUT2D eigenvalue weighted by Crippen LogP contribution is 2.36. The summed E-state index contributed by atoms with van der Waals surface area (Å²) in [5.74, 6) is -0.825. The summed E-state index contributed by atoms with van der Waals surface area (Å²) in [5.41, 5.74) is -2.29. The maximum absolute atomic E-state index is 13.0. The first-order valence-electron chi connectivity index (χ1n) is 6.97. The molecule has 0 fully saturated rings. The summed E-state index contributed by atoms with van der Waals surface area (Å²) in [7, 11) is 0. The number of hydrogen-bond acceptors (Lipinski definition) is 3. The Kier molecular flexibility index (Phi) is 6.10. The van der Waals surface area contributed by atoms with Gasteiger partial charge in [0.15, 0.2) is 0 Å². The standard InChI is InChI=1S/C15H18ClF3N2O3/c1-8(20-13(23)24-14(2,3)4)12(22)21-11-6-5-9(16)7-10(11)15(17,18)19/h5-8H,1-4H3,(H,20,23)(H,21,22). The lowest BCUT2D eigenvalue weighted by molar-refractivity contribution is -0.137. The first kappa shape index (κ1) is 20.1. The minimum absolute atomic E-state index is 0.111. The van der Waals surface area contributed by atoms with Crippen molar-refractivity contribution in [1.29, 1.82) is 0 Å². The van der Waals surface area contributed by atoms with E-state index in [4.69, 9.17) is 16.3 Å². The van der Waals surface area contributed by atoms with Gasteiger partial charge in [-0.1, -0.05) is 11.6 Å². The van der Waals surface area contributed by atoms with E-state index in [1.165, 1.54) is 13.0 Å². The molecule has 0 saturated heterocycles. The summed E-state index contributed by atoms with van der Waals surface area (Å²) in [6.07, 6.45) is -5.53.